The van der Waals surface area contributed by atoms with Crippen LogP contribution in [0.1, 0.15) is 54.2 Å². The van der Waals surface area contributed by atoms with Crippen LogP contribution < -0.4 is 5.32 Å². The molecule has 104 valence electrons. The fraction of sp³-hybridized carbons (Fsp3) is 0.615. The van der Waals surface area contributed by atoms with E-state index in [4.69, 9.17) is 5.11 Å². The van der Waals surface area contributed by atoms with Gasteiger partial charge in [-0.2, -0.15) is 0 Å². The predicted molar refractivity (Wildman–Crippen MR) is 66.9 cm³/mol. The van der Waals surface area contributed by atoms with E-state index < -0.39 is 5.97 Å². The Labute approximate surface area is 111 Å². The molecule has 0 radical (unpaired) electrons. The second-order valence-corrected chi connectivity index (χ2v) is 5.23. The van der Waals surface area contributed by atoms with Gasteiger partial charge in [0.15, 0.2) is 5.69 Å². The third-order valence-electron chi connectivity index (χ3n) is 3.98. The van der Waals surface area contributed by atoms with Gasteiger partial charge in [-0.3, -0.25) is 4.79 Å². The van der Waals surface area contributed by atoms with Crippen LogP contribution in [-0.2, 0) is 0 Å². The van der Waals surface area contributed by atoms with E-state index in [9.17, 15) is 9.59 Å². The molecule has 1 aliphatic carbocycles. The van der Waals surface area contributed by atoms with Gasteiger partial charge in [0, 0.05) is 12.1 Å². The first-order chi connectivity index (χ1) is 8.99. The van der Waals surface area contributed by atoms with Crippen molar-refractivity contribution < 1.29 is 19.2 Å². The average Bonchev–Trinajstić information content (AvgIpc) is 2.84. The van der Waals surface area contributed by atoms with E-state index in [2.05, 4.69) is 28.8 Å². The Morgan fingerprint density at radius 3 is 2.79 bits per heavy atom. The van der Waals surface area contributed by atoms with Crippen molar-refractivity contribution in [3.63, 3.8) is 0 Å². The van der Waals surface area contributed by atoms with Crippen molar-refractivity contribution in [2.45, 2.75) is 39.2 Å². The first kappa shape index (κ1) is 13.6. The maximum atomic E-state index is 12.0. The molecule has 0 spiro atoms. The van der Waals surface area contributed by atoms with Gasteiger partial charge in [-0.15, -0.1) is 0 Å². The monoisotopic (exact) mass is 266 g/mol. The first-order valence-electron chi connectivity index (χ1n) is 6.50. The zero-order valence-corrected chi connectivity index (χ0v) is 11.0. The van der Waals surface area contributed by atoms with Crippen LogP contribution >= 0.6 is 0 Å². The number of carboxylic acid groups (broad SMARTS) is 1. The Balaban J connectivity index is 2.01. The molecule has 0 aromatic carbocycles. The molecule has 3 unspecified atom stereocenters. The summed E-state index contributed by atoms with van der Waals surface area (Å²) in [6, 6.07) is 1.26. The van der Waals surface area contributed by atoms with E-state index in [1.54, 1.807) is 0 Å². The number of carbonyl (C=O) groups excluding carboxylic acids is 1. The molecule has 6 nitrogen and oxygen atoms in total. The van der Waals surface area contributed by atoms with Crippen molar-refractivity contribution in [3.05, 3.63) is 17.5 Å². The SMILES string of the molecule is CC1CCCC(NC(=O)c2cc(C(=O)O)on2)C1C. The molecule has 1 heterocycles. The normalized spacial score (nSPS) is 26.9. The third-order valence-corrected chi connectivity index (χ3v) is 3.98. The fourth-order valence-electron chi connectivity index (χ4n) is 2.51. The Kier molecular flexibility index (Phi) is 3.87. The molecule has 1 aromatic rings. The summed E-state index contributed by atoms with van der Waals surface area (Å²) in [5.74, 6) is -0.946. The van der Waals surface area contributed by atoms with Gasteiger partial charge >= 0.3 is 5.97 Å². The molecule has 2 N–H and O–H groups in total. The lowest BCUT2D eigenvalue weighted by Gasteiger charge is -2.34. The number of hydrogen-bond acceptors (Lipinski definition) is 4. The van der Waals surface area contributed by atoms with Crippen molar-refractivity contribution in [1.29, 1.82) is 0 Å². The Hall–Kier alpha value is -1.85. The molecule has 2 rings (SSSR count). The summed E-state index contributed by atoms with van der Waals surface area (Å²) in [5.41, 5.74) is 0.0165. The van der Waals surface area contributed by atoms with E-state index in [-0.39, 0.29) is 23.4 Å². The largest absolute Gasteiger partial charge is 0.475 e. The summed E-state index contributed by atoms with van der Waals surface area (Å²) in [6.45, 7) is 4.31. The number of rotatable bonds is 3. The van der Waals surface area contributed by atoms with Gasteiger partial charge < -0.3 is 14.9 Å². The second-order valence-electron chi connectivity index (χ2n) is 5.23. The zero-order valence-electron chi connectivity index (χ0n) is 11.0. The van der Waals surface area contributed by atoms with Crippen LogP contribution in [0.3, 0.4) is 0 Å². The topological polar surface area (TPSA) is 92.4 Å². The van der Waals surface area contributed by atoms with E-state index in [0.717, 1.165) is 18.9 Å². The summed E-state index contributed by atoms with van der Waals surface area (Å²) in [5, 5.41) is 15.1. The highest BCUT2D eigenvalue weighted by molar-refractivity contribution is 5.94. The highest BCUT2D eigenvalue weighted by Gasteiger charge is 2.29. The van der Waals surface area contributed by atoms with Crippen LogP contribution in [0.25, 0.3) is 0 Å². The number of amides is 1. The van der Waals surface area contributed by atoms with Crippen LogP contribution in [0.2, 0.25) is 0 Å². The highest BCUT2D eigenvalue weighted by atomic mass is 16.5. The molecule has 3 atom stereocenters. The summed E-state index contributed by atoms with van der Waals surface area (Å²) in [7, 11) is 0. The molecule has 1 saturated carbocycles. The Morgan fingerprint density at radius 1 is 1.42 bits per heavy atom. The molecular weight excluding hydrogens is 248 g/mol. The van der Waals surface area contributed by atoms with Crippen molar-refractivity contribution >= 4 is 11.9 Å². The number of nitrogens with zero attached hydrogens (tertiary/aromatic N) is 1. The number of aromatic carboxylic acids is 1. The van der Waals surface area contributed by atoms with Crippen LogP contribution in [-0.4, -0.2) is 28.2 Å². The predicted octanol–water partition coefficient (Wildman–Crippen LogP) is 1.93. The standard InChI is InChI=1S/C13H18N2O4/c1-7-4-3-5-9(8(7)2)14-12(16)10-6-11(13(17)18)19-15-10/h6-9H,3-5H2,1-2H3,(H,14,16)(H,17,18). The van der Waals surface area contributed by atoms with Gasteiger partial charge in [-0.1, -0.05) is 31.8 Å². The van der Waals surface area contributed by atoms with Crippen molar-refractivity contribution in [2.75, 3.05) is 0 Å². The number of nitrogens with one attached hydrogen (secondary N) is 1. The van der Waals surface area contributed by atoms with Gasteiger partial charge in [0.2, 0.25) is 5.76 Å². The molecule has 1 aromatic heterocycles. The van der Waals surface area contributed by atoms with Gasteiger partial charge in [0.25, 0.3) is 5.91 Å². The van der Waals surface area contributed by atoms with Crippen molar-refractivity contribution in [2.24, 2.45) is 11.8 Å². The molecule has 6 heteroatoms. The van der Waals surface area contributed by atoms with Gasteiger partial charge in [-0.25, -0.2) is 4.79 Å². The van der Waals surface area contributed by atoms with E-state index >= 15 is 0 Å². The quantitative estimate of drug-likeness (QED) is 0.872. The van der Waals surface area contributed by atoms with E-state index in [1.165, 1.54) is 6.42 Å². The lowest BCUT2D eigenvalue weighted by Crippen LogP contribution is -2.43. The van der Waals surface area contributed by atoms with Crippen LogP contribution in [0, 0.1) is 11.8 Å². The van der Waals surface area contributed by atoms with Crippen LogP contribution in [0.5, 0.6) is 0 Å². The average molecular weight is 266 g/mol. The van der Waals surface area contributed by atoms with E-state index in [0.29, 0.717) is 11.8 Å². The maximum absolute atomic E-state index is 12.0. The Morgan fingerprint density at radius 2 is 2.16 bits per heavy atom. The van der Waals surface area contributed by atoms with Crippen LogP contribution in [0.4, 0.5) is 0 Å². The lowest BCUT2D eigenvalue weighted by molar-refractivity contribution is 0.0650. The number of hydrogen-bond donors (Lipinski definition) is 2. The summed E-state index contributed by atoms with van der Waals surface area (Å²) >= 11 is 0. The first-order valence-corrected chi connectivity index (χ1v) is 6.50. The number of carbonyl (C=O) groups is 2. The van der Waals surface area contributed by atoms with Gasteiger partial charge in [0.1, 0.15) is 0 Å². The molecule has 0 aliphatic heterocycles. The number of aromatic nitrogens is 1. The molecule has 0 saturated heterocycles. The van der Waals surface area contributed by atoms with Crippen LogP contribution in [0.15, 0.2) is 10.6 Å². The minimum absolute atomic E-state index is 0.0165. The molecule has 1 aliphatic rings. The zero-order chi connectivity index (χ0) is 14.0. The minimum atomic E-state index is -1.23. The molecule has 0 bridgehead atoms. The summed E-state index contributed by atoms with van der Waals surface area (Å²) in [6.07, 6.45) is 3.22. The molecular formula is C13H18N2O4. The fourth-order valence-corrected chi connectivity index (χ4v) is 2.51. The summed E-state index contributed by atoms with van der Waals surface area (Å²) < 4.78 is 4.57. The molecule has 19 heavy (non-hydrogen) atoms. The van der Waals surface area contributed by atoms with Gasteiger partial charge in [-0.05, 0) is 18.3 Å². The van der Waals surface area contributed by atoms with E-state index in [1.807, 2.05) is 0 Å². The maximum Gasteiger partial charge on any atom is 0.374 e. The minimum Gasteiger partial charge on any atom is -0.475 e. The van der Waals surface area contributed by atoms with Crippen molar-refractivity contribution in [1.82, 2.24) is 10.5 Å². The second kappa shape index (κ2) is 5.42. The molecule has 1 fully saturated rings. The number of carboxylic acids is 1. The van der Waals surface area contributed by atoms with Crippen molar-refractivity contribution in [3.8, 4) is 0 Å². The highest BCUT2D eigenvalue weighted by Crippen LogP contribution is 2.29. The Bertz CT molecular complexity index is 483. The lowest BCUT2D eigenvalue weighted by atomic mass is 9.78. The summed E-state index contributed by atoms with van der Waals surface area (Å²) in [4.78, 5) is 22.6. The van der Waals surface area contributed by atoms with Gasteiger partial charge in [0.05, 0.1) is 0 Å². The third kappa shape index (κ3) is 2.94. The molecule has 1 amide bonds. The smallest absolute Gasteiger partial charge is 0.374 e.